The molecule has 120 valence electrons. The zero-order valence-electron chi connectivity index (χ0n) is 13.2. The second kappa shape index (κ2) is 4.91. The molecule has 2 amide bonds. The van der Waals surface area contributed by atoms with Crippen molar-refractivity contribution in [1.82, 2.24) is 4.90 Å². The van der Waals surface area contributed by atoms with Crippen LogP contribution in [0.1, 0.15) is 36.5 Å². The van der Waals surface area contributed by atoms with E-state index in [1.807, 2.05) is 4.90 Å². The molecule has 1 saturated carbocycles. The van der Waals surface area contributed by atoms with Crippen molar-refractivity contribution in [2.45, 2.75) is 26.2 Å². The largest absolute Gasteiger partial charge is 0.342 e. The van der Waals surface area contributed by atoms with Gasteiger partial charge in [-0.15, -0.1) is 0 Å². The van der Waals surface area contributed by atoms with Gasteiger partial charge in [-0.25, -0.2) is 0 Å². The van der Waals surface area contributed by atoms with Gasteiger partial charge < -0.3 is 10.2 Å². The van der Waals surface area contributed by atoms with Crippen LogP contribution in [0.15, 0.2) is 24.3 Å². The summed E-state index contributed by atoms with van der Waals surface area (Å²) in [5, 5.41) is 2.83. The molecule has 5 nitrogen and oxygen atoms in total. The number of nitrogens with one attached hydrogen (secondary N) is 1. The topological polar surface area (TPSA) is 66.5 Å². The van der Waals surface area contributed by atoms with E-state index in [2.05, 4.69) is 5.32 Å². The van der Waals surface area contributed by atoms with E-state index in [0.717, 1.165) is 32.4 Å². The third-order valence-corrected chi connectivity index (χ3v) is 5.65. The fourth-order valence-electron chi connectivity index (χ4n) is 4.22. The van der Waals surface area contributed by atoms with Crippen molar-refractivity contribution < 1.29 is 14.4 Å². The molecule has 0 aromatic heterocycles. The minimum atomic E-state index is -0.898. The number of fused-ring (bicyclic) bond motifs is 2. The second-order valence-corrected chi connectivity index (χ2v) is 6.99. The Morgan fingerprint density at radius 1 is 1.17 bits per heavy atom. The molecular formula is C18H20N2O3. The highest BCUT2D eigenvalue weighted by Gasteiger charge is 2.73. The van der Waals surface area contributed by atoms with Gasteiger partial charge in [0, 0.05) is 18.7 Å². The summed E-state index contributed by atoms with van der Waals surface area (Å²) >= 11 is 0. The molecule has 3 atom stereocenters. The molecule has 23 heavy (non-hydrogen) atoms. The number of ketones is 1. The smallest absolute Gasteiger partial charge is 0.229 e. The van der Waals surface area contributed by atoms with Crippen LogP contribution in [0.25, 0.3) is 0 Å². The fraction of sp³-hybridized carbons (Fsp3) is 0.500. The third kappa shape index (κ3) is 1.95. The van der Waals surface area contributed by atoms with Gasteiger partial charge in [0.25, 0.3) is 0 Å². The number of benzene rings is 1. The van der Waals surface area contributed by atoms with Gasteiger partial charge in [-0.1, -0.05) is 19.1 Å². The van der Waals surface area contributed by atoms with E-state index in [4.69, 9.17) is 0 Å². The summed E-state index contributed by atoms with van der Waals surface area (Å²) in [7, 11) is 0. The van der Waals surface area contributed by atoms with Crippen molar-refractivity contribution in [3.05, 3.63) is 29.8 Å². The molecule has 0 spiro atoms. The highest BCUT2D eigenvalue weighted by Crippen LogP contribution is 2.62. The molecule has 1 aromatic rings. The number of rotatable bonds is 1. The molecule has 2 fully saturated rings. The number of anilines is 1. The SMILES string of the molecule is C[C@]12C(=O)c3ccccc3NC(=O)[C@@H]1[C@H]2C(=O)N1CCCCC1. The van der Waals surface area contributed by atoms with Gasteiger partial charge >= 0.3 is 0 Å². The summed E-state index contributed by atoms with van der Waals surface area (Å²) in [6.45, 7) is 3.25. The maximum absolute atomic E-state index is 13.0. The lowest BCUT2D eigenvalue weighted by Gasteiger charge is -2.27. The van der Waals surface area contributed by atoms with E-state index < -0.39 is 17.3 Å². The molecule has 0 bridgehead atoms. The number of hydrogen-bond acceptors (Lipinski definition) is 3. The van der Waals surface area contributed by atoms with E-state index in [1.165, 1.54) is 0 Å². The molecule has 0 radical (unpaired) electrons. The van der Waals surface area contributed by atoms with Crippen molar-refractivity contribution in [1.29, 1.82) is 0 Å². The van der Waals surface area contributed by atoms with Crippen molar-refractivity contribution >= 4 is 23.3 Å². The molecule has 1 aliphatic carbocycles. The number of Topliss-reactive ketones (excluding diaryl/α,β-unsaturated/α-hetero) is 1. The van der Waals surface area contributed by atoms with Crippen LogP contribution >= 0.6 is 0 Å². The van der Waals surface area contributed by atoms with Gasteiger partial charge in [-0.2, -0.15) is 0 Å². The van der Waals surface area contributed by atoms with E-state index >= 15 is 0 Å². The molecule has 1 saturated heterocycles. The first-order chi connectivity index (χ1) is 11.0. The Bertz CT molecular complexity index is 708. The highest BCUT2D eigenvalue weighted by molar-refractivity contribution is 6.19. The van der Waals surface area contributed by atoms with E-state index in [0.29, 0.717) is 11.3 Å². The van der Waals surface area contributed by atoms with Crippen LogP contribution in [-0.4, -0.2) is 35.6 Å². The second-order valence-electron chi connectivity index (χ2n) is 6.99. The quantitative estimate of drug-likeness (QED) is 0.863. The average Bonchev–Trinajstić information content (AvgIpc) is 3.23. The Morgan fingerprint density at radius 2 is 1.87 bits per heavy atom. The lowest BCUT2D eigenvalue weighted by molar-refractivity contribution is -0.135. The first-order valence-electron chi connectivity index (χ1n) is 8.28. The number of piperidine rings is 1. The van der Waals surface area contributed by atoms with Gasteiger partial charge in [0.1, 0.15) is 0 Å². The first-order valence-corrected chi connectivity index (χ1v) is 8.28. The Labute approximate surface area is 135 Å². The van der Waals surface area contributed by atoms with Crippen LogP contribution < -0.4 is 5.32 Å². The number of amides is 2. The number of hydrogen-bond donors (Lipinski definition) is 1. The molecule has 1 N–H and O–H groups in total. The van der Waals surface area contributed by atoms with Crippen LogP contribution in [0.5, 0.6) is 0 Å². The molecule has 4 rings (SSSR count). The molecule has 5 heteroatoms. The zero-order chi connectivity index (χ0) is 16.2. The molecular weight excluding hydrogens is 292 g/mol. The fourth-order valence-corrected chi connectivity index (χ4v) is 4.22. The normalized spacial score (nSPS) is 32.5. The lowest BCUT2D eigenvalue weighted by atomic mass is 9.92. The zero-order valence-corrected chi connectivity index (χ0v) is 13.2. The van der Waals surface area contributed by atoms with Crippen molar-refractivity contribution in [2.24, 2.45) is 17.3 Å². The molecule has 2 aliphatic heterocycles. The van der Waals surface area contributed by atoms with Gasteiger partial charge in [-0.3, -0.25) is 14.4 Å². The van der Waals surface area contributed by atoms with E-state index in [1.54, 1.807) is 31.2 Å². The standard InChI is InChI=1S/C18H20N2O3/c1-18-13(14(18)17(23)20-9-5-2-6-10-20)16(22)19-12-8-4-3-7-11(12)15(18)21/h3-4,7-8,13-14H,2,5-6,9-10H2,1H3,(H,19,22)/t13-,14-,18-/m0/s1. The maximum Gasteiger partial charge on any atom is 0.229 e. The molecule has 3 aliphatic rings. The summed E-state index contributed by atoms with van der Waals surface area (Å²) in [5.41, 5.74) is 0.172. The Balaban J connectivity index is 1.68. The van der Waals surface area contributed by atoms with Crippen LogP contribution in [0.2, 0.25) is 0 Å². The summed E-state index contributed by atoms with van der Waals surface area (Å²) in [4.78, 5) is 40.2. The predicted molar refractivity (Wildman–Crippen MR) is 84.9 cm³/mol. The molecule has 2 heterocycles. The van der Waals surface area contributed by atoms with Crippen LogP contribution in [-0.2, 0) is 9.59 Å². The van der Waals surface area contributed by atoms with Crippen molar-refractivity contribution in [2.75, 3.05) is 18.4 Å². The van der Waals surface area contributed by atoms with Gasteiger partial charge in [0.15, 0.2) is 5.78 Å². The Morgan fingerprint density at radius 3 is 2.61 bits per heavy atom. The minimum Gasteiger partial charge on any atom is -0.342 e. The number of carbonyl (C=O) groups is 3. The summed E-state index contributed by atoms with van der Waals surface area (Å²) in [5.74, 6) is -1.38. The highest BCUT2D eigenvalue weighted by atomic mass is 16.2. The molecule has 1 aromatic carbocycles. The van der Waals surface area contributed by atoms with E-state index in [-0.39, 0.29) is 17.6 Å². The first kappa shape index (κ1) is 14.4. The number of para-hydroxylation sites is 1. The van der Waals surface area contributed by atoms with Gasteiger partial charge in [0.05, 0.1) is 22.9 Å². The van der Waals surface area contributed by atoms with Gasteiger partial charge in [0.2, 0.25) is 11.8 Å². The van der Waals surface area contributed by atoms with Crippen LogP contribution in [0.4, 0.5) is 5.69 Å². The van der Waals surface area contributed by atoms with E-state index in [9.17, 15) is 14.4 Å². The monoisotopic (exact) mass is 312 g/mol. The number of nitrogens with zero attached hydrogens (tertiary/aromatic N) is 1. The Kier molecular flexibility index (Phi) is 3.08. The van der Waals surface area contributed by atoms with Crippen molar-refractivity contribution in [3.8, 4) is 0 Å². The number of likely N-dealkylation sites (tertiary alicyclic amines) is 1. The summed E-state index contributed by atoms with van der Waals surface area (Å²) in [6, 6.07) is 7.05. The summed E-state index contributed by atoms with van der Waals surface area (Å²) in [6.07, 6.45) is 3.15. The predicted octanol–water partition coefficient (Wildman–Crippen LogP) is 2.09. The van der Waals surface area contributed by atoms with Crippen LogP contribution in [0.3, 0.4) is 0 Å². The minimum absolute atomic E-state index is 0.0277. The van der Waals surface area contributed by atoms with Crippen molar-refractivity contribution in [3.63, 3.8) is 0 Å². The Hall–Kier alpha value is -2.17. The number of carbonyl (C=O) groups excluding carboxylic acids is 3. The maximum atomic E-state index is 13.0. The average molecular weight is 312 g/mol. The summed E-state index contributed by atoms with van der Waals surface area (Å²) < 4.78 is 0. The van der Waals surface area contributed by atoms with Crippen LogP contribution in [0, 0.1) is 17.3 Å². The molecule has 0 unspecified atom stereocenters. The third-order valence-electron chi connectivity index (χ3n) is 5.65. The lowest BCUT2D eigenvalue weighted by Crippen LogP contribution is -2.38. The van der Waals surface area contributed by atoms with Gasteiger partial charge in [-0.05, 0) is 31.4 Å².